The first kappa shape index (κ1) is 16.9. The van der Waals surface area contributed by atoms with Crippen LogP contribution < -0.4 is 0 Å². The summed E-state index contributed by atoms with van der Waals surface area (Å²) < 4.78 is 18.3. The lowest BCUT2D eigenvalue weighted by molar-refractivity contribution is -0.148. The van der Waals surface area contributed by atoms with Crippen molar-refractivity contribution in [3.05, 3.63) is 0 Å². The number of likely N-dealkylation sites (tertiary alicyclic amines) is 1. The number of methoxy groups -OCH3 is 1. The SMILES string of the molecule is COC(=O)C[C@H](C(=O)N1C[C@H](F)C[C@H]1C(C)C)C(C)C. The van der Waals surface area contributed by atoms with E-state index in [9.17, 15) is 14.0 Å². The number of ether oxygens (including phenoxy) is 1. The van der Waals surface area contributed by atoms with E-state index in [4.69, 9.17) is 0 Å². The fourth-order valence-corrected chi connectivity index (χ4v) is 2.78. The third-order valence-corrected chi connectivity index (χ3v) is 4.08. The van der Waals surface area contributed by atoms with Gasteiger partial charge in [-0.2, -0.15) is 0 Å². The van der Waals surface area contributed by atoms with E-state index in [1.54, 1.807) is 4.90 Å². The molecule has 0 unspecified atom stereocenters. The molecule has 4 nitrogen and oxygen atoms in total. The Hall–Kier alpha value is -1.13. The molecule has 0 radical (unpaired) electrons. The number of amides is 1. The number of alkyl halides is 1. The lowest BCUT2D eigenvalue weighted by atomic mass is 9.90. The Kier molecular flexibility index (Phi) is 5.96. The number of rotatable bonds is 5. The molecule has 1 saturated heterocycles. The van der Waals surface area contributed by atoms with Gasteiger partial charge in [0.1, 0.15) is 6.17 Å². The predicted molar refractivity (Wildman–Crippen MR) is 74.8 cm³/mol. The minimum absolute atomic E-state index is 0.0214. The van der Waals surface area contributed by atoms with Gasteiger partial charge in [0, 0.05) is 12.5 Å². The first-order valence-electron chi connectivity index (χ1n) is 7.29. The largest absolute Gasteiger partial charge is 0.469 e. The maximum atomic E-state index is 13.7. The Morgan fingerprint density at radius 3 is 2.35 bits per heavy atom. The molecule has 3 atom stereocenters. The molecular weight excluding hydrogens is 261 g/mol. The van der Waals surface area contributed by atoms with Crippen LogP contribution in [0.5, 0.6) is 0 Å². The van der Waals surface area contributed by atoms with Crippen LogP contribution in [0.4, 0.5) is 4.39 Å². The Morgan fingerprint density at radius 2 is 1.90 bits per heavy atom. The van der Waals surface area contributed by atoms with E-state index in [1.165, 1.54) is 7.11 Å². The van der Waals surface area contributed by atoms with Crippen molar-refractivity contribution in [2.45, 2.75) is 52.8 Å². The maximum Gasteiger partial charge on any atom is 0.306 e. The standard InChI is InChI=1S/C15H26FNO3/c1-9(2)12(7-14(18)20-5)15(19)17-8-11(16)6-13(17)10(3)4/h9-13H,6-8H2,1-5H3/t11-,12+,13+/m1/s1. The summed E-state index contributed by atoms with van der Waals surface area (Å²) in [5.41, 5.74) is 0. The molecule has 0 aromatic rings. The number of carbonyl (C=O) groups excluding carboxylic acids is 2. The van der Waals surface area contributed by atoms with Gasteiger partial charge in [-0.1, -0.05) is 27.7 Å². The molecule has 0 bridgehead atoms. The fraction of sp³-hybridized carbons (Fsp3) is 0.867. The summed E-state index contributed by atoms with van der Waals surface area (Å²) in [7, 11) is 1.31. The molecule has 0 aliphatic carbocycles. The Labute approximate surface area is 120 Å². The third-order valence-electron chi connectivity index (χ3n) is 4.08. The normalized spacial score (nSPS) is 24.3. The van der Waals surface area contributed by atoms with E-state index in [0.717, 1.165) is 0 Å². The molecule has 5 heteroatoms. The molecule has 0 saturated carbocycles. The van der Waals surface area contributed by atoms with Gasteiger partial charge in [0.05, 0.1) is 26.0 Å². The maximum absolute atomic E-state index is 13.7. The Balaban J connectivity index is 2.85. The summed E-state index contributed by atoms with van der Waals surface area (Å²) in [4.78, 5) is 25.7. The van der Waals surface area contributed by atoms with E-state index in [2.05, 4.69) is 4.74 Å². The van der Waals surface area contributed by atoms with Crippen molar-refractivity contribution >= 4 is 11.9 Å². The van der Waals surface area contributed by atoms with Crippen LogP contribution in [0.15, 0.2) is 0 Å². The van der Waals surface area contributed by atoms with E-state index in [-0.39, 0.29) is 36.8 Å². The number of nitrogens with zero attached hydrogens (tertiary/aromatic N) is 1. The first-order chi connectivity index (χ1) is 9.27. The molecule has 1 aliphatic heterocycles. The molecule has 0 aromatic carbocycles. The quantitative estimate of drug-likeness (QED) is 0.730. The second-order valence-corrected chi connectivity index (χ2v) is 6.27. The van der Waals surface area contributed by atoms with Crippen molar-refractivity contribution in [1.82, 2.24) is 4.90 Å². The molecular formula is C15H26FNO3. The predicted octanol–water partition coefficient (Wildman–Crippen LogP) is 2.42. The number of carbonyl (C=O) groups is 2. The zero-order valence-electron chi connectivity index (χ0n) is 13.1. The zero-order chi connectivity index (χ0) is 15.4. The van der Waals surface area contributed by atoms with Crippen molar-refractivity contribution in [1.29, 1.82) is 0 Å². The lowest BCUT2D eigenvalue weighted by Crippen LogP contribution is -2.44. The van der Waals surface area contributed by atoms with E-state index < -0.39 is 18.1 Å². The monoisotopic (exact) mass is 287 g/mol. The second-order valence-electron chi connectivity index (χ2n) is 6.27. The van der Waals surface area contributed by atoms with Crippen LogP contribution in [0.25, 0.3) is 0 Å². The van der Waals surface area contributed by atoms with Crippen LogP contribution in [0.3, 0.4) is 0 Å². The molecule has 0 N–H and O–H groups in total. The zero-order valence-corrected chi connectivity index (χ0v) is 13.1. The van der Waals surface area contributed by atoms with Crippen molar-refractivity contribution in [3.63, 3.8) is 0 Å². The van der Waals surface area contributed by atoms with Gasteiger partial charge in [0.15, 0.2) is 0 Å². The average molecular weight is 287 g/mol. The summed E-state index contributed by atoms with van der Waals surface area (Å²) >= 11 is 0. The van der Waals surface area contributed by atoms with Crippen molar-refractivity contribution in [2.75, 3.05) is 13.7 Å². The molecule has 20 heavy (non-hydrogen) atoms. The highest BCUT2D eigenvalue weighted by molar-refractivity contribution is 5.84. The van der Waals surface area contributed by atoms with Crippen LogP contribution in [-0.2, 0) is 14.3 Å². The van der Waals surface area contributed by atoms with Crippen molar-refractivity contribution in [2.24, 2.45) is 17.8 Å². The van der Waals surface area contributed by atoms with Gasteiger partial charge < -0.3 is 9.64 Å². The van der Waals surface area contributed by atoms with Crippen LogP contribution in [0.2, 0.25) is 0 Å². The smallest absolute Gasteiger partial charge is 0.306 e. The lowest BCUT2D eigenvalue weighted by Gasteiger charge is -2.31. The van der Waals surface area contributed by atoms with Crippen LogP contribution in [-0.4, -0.2) is 42.6 Å². The van der Waals surface area contributed by atoms with Gasteiger partial charge in [-0.25, -0.2) is 4.39 Å². The van der Waals surface area contributed by atoms with Crippen molar-refractivity contribution in [3.8, 4) is 0 Å². The summed E-state index contributed by atoms with van der Waals surface area (Å²) in [5, 5.41) is 0. The van der Waals surface area contributed by atoms with Crippen LogP contribution in [0, 0.1) is 17.8 Å². The number of hydrogen-bond acceptors (Lipinski definition) is 3. The minimum atomic E-state index is -0.961. The molecule has 1 rings (SSSR count). The Bertz CT molecular complexity index is 357. The van der Waals surface area contributed by atoms with Gasteiger partial charge in [0.25, 0.3) is 0 Å². The number of halogens is 1. The summed E-state index contributed by atoms with van der Waals surface area (Å²) in [6.07, 6.45) is -0.505. The molecule has 1 heterocycles. The Morgan fingerprint density at radius 1 is 1.30 bits per heavy atom. The summed E-state index contributed by atoms with van der Waals surface area (Å²) in [6, 6.07) is -0.0728. The van der Waals surface area contributed by atoms with Gasteiger partial charge in [-0.05, 0) is 11.8 Å². The van der Waals surface area contributed by atoms with Gasteiger partial charge in [-0.3, -0.25) is 9.59 Å². The molecule has 1 amide bonds. The van der Waals surface area contributed by atoms with Crippen molar-refractivity contribution < 1.29 is 18.7 Å². The third kappa shape index (κ3) is 3.93. The average Bonchev–Trinajstić information content (AvgIpc) is 2.76. The second kappa shape index (κ2) is 7.04. The highest BCUT2D eigenvalue weighted by Crippen LogP contribution is 2.30. The van der Waals surface area contributed by atoms with Crippen LogP contribution >= 0.6 is 0 Å². The molecule has 1 fully saturated rings. The summed E-state index contributed by atoms with van der Waals surface area (Å²) in [5.74, 6) is -0.717. The van der Waals surface area contributed by atoms with E-state index in [1.807, 2.05) is 27.7 Å². The summed E-state index contributed by atoms with van der Waals surface area (Å²) in [6.45, 7) is 7.94. The van der Waals surface area contributed by atoms with E-state index in [0.29, 0.717) is 6.42 Å². The van der Waals surface area contributed by atoms with Crippen LogP contribution in [0.1, 0.15) is 40.5 Å². The molecule has 0 aromatic heterocycles. The molecule has 0 spiro atoms. The van der Waals surface area contributed by atoms with Gasteiger partial charge in [0.2, 0.25) is 5.91 Å². The number of hydrogen-bond donors (Lipinski definition) is 0. The molecule has 116 valence electrons. The topological polar surface area (TPSA) is 46.6 Å². The minimum Gasteiger partial charge on any atom is -0.469 e. The highest BCUT2D eigenvalue weighted by Gasteiger charge is 2.40. The first-order valence-corrected chi connectivity index (χ1v) is 7.29. The highest BCUT2D eigenvalue weighted by atomic mass is 19.1. The molecule has 1 aliphatic rings. The fourth-order valence-electron chi connectivity index (χ4n) is 2.78. The van der Waals surface area contributed by atoms with Gasteiger partial charge >= 0.3 is 5.97 Å². The van der Waals surface area contributed by atoms with E-state index >= 15 is 0 Å². The van der Waals surface area contributed by atoms with Gasteiger partial charge in [-0.15, -0.1) is 0 Å². The number of esters is 1.